The van der Waals surface area contributed by atoms with Gasteiger partial charge in [0, 0.05) is 9.79 Å². The monoisotopic (exact) mass is 498 g/mol. The molecule has 2 nitrogen and oxygen atoms in total. The predicted octanol–water partition coefficient (Wildman–Crippen LogP) is 10.9. The molecule has 0 spiro atoms. The van der Waals surface area contributed by atoms with E-state index in [1.807, 2.05) is 23.9 Å². The van der Waals surface area contributed by atoms with Crippen LogP contribution in [-0.2, 0) is 0 Å². The fourth-order valence-corrected chi connectivity index (χ4v) is 6.77. The van der Waals surface area contributed by atoms with E-state index in [2.05, 4.69) is 67.5 Å². The van der Waals surface area contributed by atoms with Crippen molar-refractivity contribution in [2.24, 2.45) is 0 Å². The van der Waals surface area contributed by atoms with Gasteiger partial charge in [-0.1, -0.05) is 92.8 Å². The number of phenols is 2. The van der Waals surface area contributed by atoms with Crippen LogP contribution in [0.3, 0.4) is 0 Å². The third-order valence-electron chi connectivity index (χ3n) is 7.55. The highest BCUT2D eigenvalue weighted by atomic mass is 32.2. The summed E-state index contributed by atoms with van der Waals surface area (Å²) in [6, 6.07) is 8.61. The Bertz CT molecular complexity index is 860. The van der Waals surface area contributed by atoms with E-state index in [1.54, 1.807) is 0 Å². The van der Waals surface area contributed by atoms with E-state index in [0.717, 1.165) is 62.5 Å². The molecule has 0 aliphatic carbocycles. The third kappa shape index (κ3) is 7.68. The van der Waals surface area contributed by atoms with Crippen molar-refractivity contribution in [1.82, 2.24) is 0 Å². The third-order valence-corrected chi connectivity index (χ3v) is 8.70. The molecule has 4 atom stereocenters. The lowest BCUT2D eigenvalue weighted by atomic mass is 9.90. The maximum absolute atomic E-state index is 11.0. The standard InChI is InChI=1S/C32H50O2S/c1-9-13-21(5)25-19-31(27(17-29(25)33)23(7)15-11-3)35-32-20-26(22(6)14-10-2)30(34)18-28(32)24(8)16-12-4/h17-24,33-34H,9-16H2,1-8H3. The van der Waals surface area contributed by atoms with Crippen molar-refractivity contribution in [3.05, 3.63) is 46.5 Å². The van der Waals surface area contributed by atoms with Gasteiger partial charge in [0.2, 0.25) is 0 Å². The number of hydrogen-bond acceptors (Lipinski definition) is 3. The Kier molecular flexibility index (Phi) is 12.0. The van der Waals surface area contributed by atoms with Gasteiger partial charge in [0.15, 0.2) is 0 Å². The highest BCUT2D eigenvalue weighted by Gasteiger charge is 2.22. The molecule has 0 bridgehead atoms. The first-order chi connectivity index (χ1) is 16.7. The molecule has 2 aromatic rings. The molecule has 196 valence electrons. The van der Waals surface area contributed by atoms with Crippen molar-refractivity contribution in [2.75, 3.05) is 0 Å². The molecule has 2 aromatic carbocycles. The number of phenolic OH excluding ortho intramolecular Hbond substituents is 2. The summed E-state index contributed by atoms with van der Waals surface area (Å²) >= 11 is 1.84. The molecule has 0 aliphatic heterocycles. The predicted molar refractivity (Wildman–Crippen MR) is 154 cm³/mol. The summed E-state index contributed by atoms with van der Waals surface area (Å²) in [6.07, 6.45) is 8.79. The Morgan fingerprint density at radius 3 is 1.09 bits per heavy atom. The SMILES string of the molecule is CCCC(C)c1cc(Sc2cc(C(C)CCC)c(O)cc2C(C)CCC)c(C(C)CCC)cc1O. The van der Waals surface area contributed by atoms with Gasteiger partial charge in [-0.05, 0) is 95.9 Å². The largest absolute Gasteiger partial charge is 0.508 e. The van der Waals surface area contributed by atoms with Crippen LogP contribution in [0, 0.1) is 0 Å². The minimum absolute atomic E-state index is 0.327. The second kappa shape index (κ2) is 14.2. The first-order valence-electron chi connectivity index (χ1n) is 14.1. The van der Waals surface area contributed by atoms with Gasteiger partial charge in [-0.3, -0.25) is 0 Å². The Morgan fingerprint density at radius 2 is 0.800 bits per heavy atom. The highest BCUT2D eigenvalue weighted by molar-refractivity contribution is 7.99. The van der Waals surface area contributed by atoms with E-state index >= 15 is 0 Å². The molecule has 0 saturated carbocycles. The highest BCUT2D eigenvalue weighted by Crippen LogP contribution is 2.46. The van der Waals surface area contributed by atoms with Crippen molar-refractivity contribution < 1.29 is 10.2 Å². The molecule has 2 rings (SSSR count). The molecule has 0 radical (unpaired) electrons. The Hall–Kier alpha value is -1.61. The summed E-state index contributed by atoms with van der Waals surface area (Å²) < 4.78 is 0. The molecule has 2 N–H and O–H groups in total. The number of hydrogen-bond donors (Lipinski definition) is 2. The topological polar surface area (TPSA) is 40.5 Å². The Balaban J connectivity index is 2.68. The second-order valence-electron chi connectivity index (χ2n) is 10.8. The normalized spacial score (nSPS) is 15.1. The summed E-state index contributed by atoms with van der Waals surface area (Å²) in [5.41, 5.74) is 4.60. The average Bonchev–Trinajstić information content (AvgIpc) is 2.81. The minimum Gasteiger partial charge on any atom is -0.508 e. The first kappa shape index (κ1) is 29.6. The van der Waals surface area contributed by atoms with Crippen LogP contribution in [0.5, 0.6) is 11.5 Å². The van der Waals surface area contributed by atoms with E-state index in [-0.39, 0.29) is 0 Å². The van der Waals surface area contributed by atoms with Crippen molar-refractivity contribution in [3.8, 4) is 11.5 Å². The van der Waals surface area contributed by atoms with Gasteiger partial charge in [0.05, 0.1) is 0 Å². The van der Waals surface area contributed by atoms with E-state index in [0.29, 0.717) is 35.2 Å². The molecule has 0 fully saturated rings. The lowest BCUT2D eigenvalue weighted by molar-refractivity contribution is 0.457. The molecular formula is C32H50O2S. The van der Waals surface area contributed by atoms with E-state index in [9.17, 15) is 10.2 Å². The molecule has 0 saturated heterocycles. The quantitative estimate of drug-likeness (QED) is 0.272. The minimum atomic E-state index is 0.327. The van der Waals surface area contributed by atoms with Gasteiger partial charge in [0.1, 0.15) is 11.5 Å². The van der Waals surface area contributed by atoms with Crippen LogP contribution in [0.15, 0.2) is 34.1 Å². The fraction of sp³-hybridized carbons (Fsp3) is 0.625. The smallest absolute Gasteiger partial charge is 0.119 e. The molecule has 0 aliphatic rings. The Morgan fingerprint density at radius 1 is 0.514 bits per heavy atom. The molecule has 3 heteroatoms. The zero-order valence-corrected chi connectivity index (χ0v) is 24.4. The number of aromatic hydroxyl groups is 2. The fourth-order valence-electron chi connectivity index (χ4n) is 5.41. The van der Waals surface area contributed by atoms with Crippen molar-refractivity contribution >= 4 is 11.8 Å². The summed E-state index contributed by atoms with van der Waals surface area (Å²) in [5.74, 6) is 2.31. The van der Waals surface area contributed by atoms with Gasteiger partial charge in [-0.2, -0.15) is 0 Å². The lowest BCUT2D eigenvalue weighted by Crippen LogP contribution is -2.03. The number of rotatable bonds is 14. The van der Waals surface area contributed by atoms with Crippen LogP contribution in [0.2, 0.25) is 0 Å². The summed E-state index contributed by atoms with van der Waals surface area (Å²) in [6.45, 7) is 17.9. The molecule has 4 unspecified atom stereocenters. The Labute approximate surface area is 219 Å². The molecule has 0 amide bonds. The molecule has 35 heavy (non-hydrogen) atoms. The lowest BCUT2D eigenvalue weighted by Gasteiger charge is -2.24. The van der Waals surface area contributed by atoms with E-state index in [1.165, 1.54) is 20.9 Å². The van der Waals surface area contributed by atoms with Gasteiger partial charge < -0.3 is 10.2 Å². The average molecular weight is 499 g/mol. The summed E-state index contributed by atoms with van der Waals surface area (Å²) in [4.78, 5) is 2.51. The van der Waals surface area contributed by atoms with E-state index < -0.39 is 0 Å². The van der Waals surface area contributed by atoms with E-state index in [4.69, 9.17) is 0 Å². The van der Waals surface area contributed by atoms with Gasteiger partial charge in [0.25, 0.3) is 0 Å². The number of benzene rings is 2. The van der Waals surface area contributed by atoms with Crippen molar-refractivity contribution in [3.63, 3.8) is 0 Å². The zero-order valence-electron chi connectivity index (χ0n) is 23.6. The van der Waals surface area contributed by atoms with Crippen LogP contribution >= 0.6 is 11.8 Å². The van der Waals surface area contributed by atoms with Crippen molar-refractivity contribution in [2.45, 2.75) is 140 Å². The first-order valence-corrected chi connectivity index (χ1v) is 14.9. The zero-order chi connectivity index (χ0) is 26.1. The van der Waals surface area contributed by atoms with Crippen LogP contribution in [0.4, 0.5) is 0 Å². The van der Waals surface area contributed by atoms with Gasteiger partial charge >= 0.3 is 0 Å². The summed E-state index contributed by atoms with van der Waals surface area (Å²) in [7, 11) is 0. The molecule has 0 aromatic heterocycles. The van der Waals surface area contributed by atoms with Gasteiger partial charge in [-0.15, -0.1) is 0 Å². The maximum Gasteiger partial charge on any atom is 0.119 e. The van der Waals surface area contributed by atoms with Gasteiger partial charge in [-0.25, -0.2) is 0 Å². The van der Waals surface area contributed by atoms with Crippen LogP contribution in [-0.4, -0.2) is 10.2 Å². The van der Waals surface area contributed by atoms with Crippen LogP contribution in [0.1, 0.15) is 153 Å². The van der Waals surface area contributed by atoms with Crippen molar-refractivity contribution in [1.29, 1.82) is 0 Å². The maximum atomic E-state index is 11.0. The van der Waals surface area contributed by atoms with Crippen LogP contribution < -0.4 is 0 Å². The summed E-state index contributed by atoms with van der Waals surface area (Å²) in [5, 5.41) is 22.0. The molecule has 0 heterocycles. The molecular weight excluding hydrogens is 448 g/mol. The second-order valence-corrected chi connectivity index (χ2v) is 11.8. The van der Waals surface area contributed by atoms with Crippen LogP contribution in [0.25, 0.3) is 0 Å².